The van der Waals surface area contributed by atoms with Crippen molar-refractivity contribution in [3.8, 4) is 0 Å². The molecule has 0 radical (unpaired) electrons. The number of carboxylic acid groups (broad SMARTS) is 2. The molecule has 2 amide bonds. The molecule has 2 saturated carbocycles. The number of imide groups is 1. The van der Waals surface area contributed by atoms with E-state index in [1.807, 2.05) is 0 Å². The first-order valence-electron chi connectivity index (χ1n) is 10.4. The number of hydrogen-bond donors (Lipinski definition) is 2. The van der Waals surface area contributed by atoms with E-state index in [4.69, 9.17) is 9.47 Å². The summed E-state index contributed by atoms with van der Waals surface area (Å²) < 4.78 is 11.2. The second-order valence-corrected chi connectivity index (χ2v) is 8.66. The second kappa shape index (κ2) is 8.78. The van der Waals surface area contributed by atoms with Crippen LogP contribution in [0.2, 0.25) is 0 Å². The van der Waals surface area contributed by atoms with E-state index in [2.05, 4.69) is 0 Å². The van der Waals surface area contributed by atoms with Crippen LogP contribution in [0.15, 0.2) is 12.2 Å². The fraction of sp³-hybridized carbons (Fsp3) is 0.667. The van der Waals surface area contributed by atoms with Gasteiger partial charge >= 0.3 is 17.9 Å². The molecular weight excluding hydrogens is 410 g/mol. The predicted octanol–water partition coefficient (Wildman–Crippen LogP) is 0.986. The first-order chi connectivity index (χ1) is 14.6. The van der Waals surface area contributed by atoms with Crippen LogP contribution < -0.4 is 0 Å². The standard InChI is InChI=1S/C21H27NO9/c1-13(17(25)31-14-10-21(11-14,18(26)27)19(28)29)20(6-2-3-7-20)12-30-9-8-22-15(23)4-5-16(22)24/h4-5,13-14H,2-3,6-12H2,1H3,(H,26,27)(H,28,29). The summed E-state index contributed by atoms with van der Waals surface area (Å²) in [6.45, 7) is 2.31. The Bertz CT molecular complexity index is 772. The van der Waals surface area contributed by atoms with Gasteiger partial charge in [0.05, 0.1) is 25.7 Å². The van der Waals surface area contributed by atoms with Crippen LogP contribution in [0.25, 0.3) is 0 Å². The van der Waals surface area contributed by atoms with Crippen LogP contribution in [0, 0.1) is 16.7 Å². The SMILES string of the molecule is CC(C(=O)OC1CC(C(=O)O)(C(=O)O)C1)C1(COCCN2C(=O)C=CC2=O)CCCC1. The third kappa shape index (κ3) is 4.34. The molecule has 0 aromatic carbocycles. The number of hydrogen-bond acceptors (Lipinski definition) is 7. The third-order valence-corrected chi connectivity index (χ3v) is 6.87. The molecule has 31 heavy (non-hydrogen) atoms. The summed E-state index contributed by atoms with van der Waals surface area (Å²) >= 11 is 0. The molecule has 2 fully saturated rings. The lowest BCUT2D eigenvalue weighted by Gasteiger charge is -2.41. The van der Waals surface area contributed by atoms with Crippen LogP contribution >= 0.6 is 0 Å². The molecule has 0 bridgehead atoms. The fourth-order valence-corrected chi connectivity index (χ4v) is 4.62. The highest BCUT2D eigenvalue weighted by atomic mass is 16.5. The molecule has 3 rings (SSSR count). The molecule has 2 aliphatic carbocycles. The van der Waals surface area contributed by atoms with Crippen LogP contribution in [0.1, 0.15) is 45.4 Å². The number of carboxylic acids is 2. The van der Waals surface area contributed by atoms with Gasteiger partial charge in [-0.25, -0.2) is 0 Å². The van der Waals surface area contributed by atoms with Crippen molar-refractivity contribution in [2.24, 2.45) is 16.7 Å². The zero-order valence-corrected chi connectivity index (χ0v) is 17.4. The molecular formula is C21H27NO9. The molecule has 170 valence electrons. The van der Waals surface area contributed by atoms with Gasteiger partial charge in [0.2, 0.25) is 0 Å². The Balaban J connectivity index is 1.51. The third-order valence-electron chi connectivity index (χ3n) is 6.87. The Hall–Kier alpha value is -2.75. The summed E-state index contributed by atoms with van der Waals surface area (Å²) in [5.74, 6) is -4.61. The van der Waals surface area contributed by atoms with E-state index in [9.17, 15) is 34.2 Å². The summed E-state index contributed by atoms with van der Waals surface area (Å²) in [5, 5.41) is 18.3. The molecule has 3 aliphatic rings. The van der Waals surface area contributed by atoms with E-state index < -0.39 is 40.8 Å². The molecule has 1 atom stereocenters. The first-order valence-corrected chi connectivity index (χ1v) is 10.4. The maximum atomic E-state index is 12.7. The molecule has 0 aromatic rings. The lowest BCUT2D eigenvalue weighted by molar-refractivity contribution is -0.192. The van der Waals surface area contributed by atoms with E-state index in [1.165, 1.54) is 12.2 Å². The monoisotopic (exact) mass is 437 g/mol. The average Bonchev–Trinajstić information content (AvgIpc) is 3.28. The highest BCUT2D eigenvalue weighted by Gasteiger charge is 2.59. The average molecular weight is 437 g/mol. The molecule has 0 aromatic heterocycles. The van der Waals surface area contributed by atoms with E-state index in [-0.39, 0.29) is 44.4 Å². The minimum absolute atomic E-state index is 0.133. The largest absolute Gasteiger partial charge is 0.480 e. The van der Waals surface area contributed by atoms with Crippen molar-refractivity contribution in [1.29, 1.82) is 0 Å². The maximum Gasteiger partial charge on any atom is 0.321 e. The van der Waals surface area contributed by atoms with Crippen molar-refractivity contribution in [2.75, 3.05) is 19.8 Å². The molecule has 10 nitrogen and oxygen atoms in total. The number of esters is 1. The van der Waals surface area contributed by atoms with Gasteiger partial charge in [-0.15, -0.1) is 0 Å². The van der Waals surface area contributed by atoms with Gasteiger partial charge < -0.3 is 19.7 Å². The number of ether oxygens (including phenoxy) is 2. The molecule has 0 spiro atoms. The quantitative estimate of drug-likeness (QED) is 0.221. The van der Waals surface area contributed by atoms with E-state index in [0.29, 0.717) is 0 Å². The van der Waals surface area contributed by atoms with Crippen molar-refractivity contribution < 1.29 is 43.7 Å². The number of carbonyl (C=O) groups is 5. The topological polar surface area (TPSA) is 148 Å². The van der Waals surface area contributed by atoms with Crippen molar-refractivity contribution in [3.05, 3.63) is 12.2 Å². The fourth-order valence-electron chi connectivity index (χ4n) is 4.62. The van der Waals surface area contributed by atoms with Gasteiger partial charge in [-0.2, -0.15) is 0 Å². The van der Waals surface area contributed by atoms with Crippen molar-refractivity contribution in [2.45, 2.75) is 51.6 Å². The molecule has 10 heteroatoms. The molecule has 0 saturated heterocycles. The second-order valence-electron chi connectivity index (χ2n) is 8.66. The Morgan fingerprint density at radius 2 is 1.65 bits per heavy atom. The molecule has 1 unspecified atom stereocenters. The van der Waals surface area contributed by atoms with Gasteiger partial charge in [0.25, 0.3) is 11.8 Å². The van der Waals surface area contributed by atoms with E-state index in [1.54, 1.807) is 6.92 Å². The Kier molecular flexibility index (Phi) is 6.49. The lowest BCUT2D eigenvalue weighted by Crippen LogP contribution is -2.54. The van der Waals surface area contributed by atoms with Crippen LogP contribution in [-0.4, -0.2) is 70.7 Å². The van der Waals surface area contributed by atoms with Gasteiger partial charge in [0.1, 0.15) is 6.10 Å². The Morgan fingerprint density at radius 3 is 2.16 bits per heavy atom. The van der Waals surface area contributed by atoms with Crippen LogP contribution in [0.4, 0.5) is 0 Å². The first kappa shape index (κ1) is 22.9. The van der Waals surface area contributed by atoms with Crippen LogP contribution in [-0.2, 0) is 33.4 Å². The highest BCUT2D eigenvalue weighted by Crippen LogP contribution is 2.47. The molecule has 1 heterocycles. The van der Waals surface area contributed by atoms with Crippen LogP contribution in [0.3, 0.4) is 0 Å². The van der Waals surface area contributed by atoms with Crippen molar-refractivity contribution in [3.63, 3.8) is 0 Å². The summed E-state index contributed by atoms with van der Waals surface area (Å²) in [5.41, 5.74) is -2.34. The molecule has 2 N–H and O–H groups in total. The summed E-state index contributed by atoms with van der Waals surface area (Å²) in [7, 11) is 0. The number of aliphatic carboxylic acids is 2. The lowest BCUT2D eigenvalue weighted by atomic mass is 9.66. The van der Waals surface area contributed by atoms with Gasteiger partial charge in [-0.3, -0.25) is 28.9 Å². The van der Waals surface area contributed by atoms with E-state index >= 15 is 0 Å². The van der Waals surface area contributed by atoms with Gasteiger partial charge in [0, 0.05) is 30.4 Å². The zero-order valence-electron chi connectivity index (χ0n) is 17.4. The zero-order chi connectivity index (χ0) is 22.8. The van der Waals surface area contributed by atoms with E-state index in [0.717, 1.165) is 30.6 Å². The van der Waals surface area contributed by atoms with Crippen molar-refractivity contribution in [1.82, 2.24) is 4.90 Å². The van der Waals surface area contributed by atoms with Gasteiger partial charge in [-0.05, 0) is 12.8 Å². The smallest absolute Gasteiger partial charge is 0.321 e. The minimum Gasteiger partial charge on any atom is -0.480 e. The van der Waals surface area contributed by atoms with Crippen molar-refractivity contribution >= 4 is 29.7 Å². The number of nitrogens with zero attached hydrogens (tertiary/aromatic N) is 1. The number of amides is 2. The minimum atomic E-state index is -1.89. The Morgan fingerprint density at radius 1 is 1.10 bits per heavy atom. The number of rotatable bonds is 10. The normalized spacial score (nSPS) is 22.9. The predicted molar refractivity (Wildman–Crippen MR) is 104 cm³/mol. The maximum absolute atomic E-state index is 12.7. The van der Waals surface area contributed by atoms with Crippen LogP contribution in [0.5, 0.6) is 0 Å². The summed E-state index contributed by atoms with van der Waals surface area (Å²) in [4.78, 5) is 59.5. The Labute approximate surface area is 179 Å². The van der Waals surface area contributed by atoms with Gasteiger partial charge in [-0.1, -0.05) is 19.8 Å². The highest BCUT2D eigenvalue weighted by molar-refractivity contribution is 6.12. The molecule has 1 aliphatic heterocycles. The van der Waals surface area contributed by atoms with Gasteiger partial charge in [0.15, 0.2) is 5.41 Å². The summed E-state index contributed by atoms with van der Waals surface area (Å²) in [6.07, 6.45) is 4.57. The number of carbonyl (C=O) groups excluding carboxylic acids is 3. The summed E-state index contributed by atoms with van der Waals surface area (Å²) in [6, 6.07) is 0.